The summed E-state index contributed by atoms with van der Waals surface area (Å²) in [7, 11) is 3.24. The molecule has 1 aromatic carbocycles. The van der Waals surface area contributed by atoms with Crippen LogP contribution in [-0.2, 0) is 14.3 Å². The van der Waals surface area contributed by atoms with Crippen molar-refractivity contribution in [3.63, 3.8) is 0 Å². The van der Waals surface area contributed by atoms with Crippen molar-refractivity contribution >= 4 is 11.6 Å². The summed E-state index contributed by atoms with van der Waals surface area (Å²) in [6.45, 7) is 2.50. The van der Waals surface area contributed by atoms with Crippen molar-refractivity contribution in [2.24, 2.45) is 23.7 Å². The summed E-state index contributed by atoms with van der Waals surface area (Å²) in [6, 6.07) is 7.78. The van der Waals surface area contributed by atoms with E-state index in [0.29, 0.717) is 5.92 Å². The highest BCUT2D eigenvalue weighted by Gasteiger charge is 2.54. The van der Waals surface area contributed by atoms with Crippen molar-refractivity contribution in [3.8, 4) is 5.75 Å². The van der Waals surface area contributed by atoms with Gasteiger partial charge in [-0.25, -0.2) is 0 Å². The minimum absolute atomic E-state index is 0.0268. The Balaban J connectivity index is 1.45. The molecule has 5 atom stereocenters. The molecule has 142 valence electrons. The average Bonchev–Trinajstić information content (AvgIpc) is 3.54. The fourth-order valence-corrected chi connectivity index (χ4v) is 4.64. The van der Waals surface area contributed by atoms with E-state index in [0.717, 1.165) is 35.6 Å². The number of rotatable bonds is 9. The van der Waals surface area contributed by atoms with Gasteiger partial charge in [0.15, 0.2) is 6.10 Å². The van der Waals surface area contributed by atoms with Crippen molar-refractivity contribution in [2.75, 3.05) is 25.9 Å². The number of hydrogen-bond donors (Lipinski definition) is 0. The molecule has 5 unspecified atom stereocenters. The van der Waals surface area contributed by atoms with Crippen LogP contribution in [0.5, 0.6) is 5.75 Å². The molecule has 1 heterocycles. The van der Waals surface area contributed by atoms with Crippen LogP contribution >= 0.6 is 0 Å². The molecule has 3 aliphatic rings. The molecule has 1 amide bonds. The summed E-state index contributed by atoms with van der Waals surface area (Å²) in [4.78, 5) is 14.6. The molecule has 2 aliphatic carbocycles. The number of benzene rings is 1. The van der Waals surface area contributed by atoms with E-state index < -0.39 is 6.10 Å². The molecule has 1 saturated heterocycles. The number of carbonyl (C=O) groups is 1. The van der Waals surface area contributed by atoms with Crippen LogP contribution in [0, 0.1) is 23.7 Å². The van der Waals surface area contributed by atoms with Gasteiger partial charge in [-0.1, -0.05) is 6.92 Å². The van der Waals surface area contributed by atoms with Gasteiger partial charge >= 0.3 is 0 Å². The van der Waals surface area contributed by atoms with Gasteiger partial charge in [-0.15, -0.1) is 0 Å². The number of methoxy groups -OCH3 is 2. The minimum Gasteiger partial charge on any atom is -0.497 e. The van der Waals surface area contributed by atoms with Crippen LogP contribution in [0.3, 0.4) is 0 Å². The van der Waals surface area contributed by atoms with E-state index in [2.05, 4.69) is 6.92 Å². The van der Waals surface area contributed by atoms with Crippen molar-refractivity contribution in [1.29, 1.82) is 0 Å². The maximum Gasteiger partial charge on any atom is 0.258 e. The molecule has 2 saturated carbocycles. The molecule has 26 heavy (non-hydrogen) atoms. The molecule has 0 spiro atoms. The van der Waals surface area contributed by atoms with Crippen LogP contribution in [0.1, 0.15) is 32.6 Å². The van der Waals surface area contributed by atoms with Crippen LogP contribution in [0.2, 0.25) is 0 Å². The van der Waals surface area contributed by atoms with E-state index in [9.17, 15) is 4.79 Å². The second kappa shape index (κ2) is 7.20. The number of hydrogen-bond acceptors (Lipinski definition) is 4. The van der Waals surface area contributed by atoms with Crippen LogP contribution in [0.15, 0.2) is 24.3 Å². The molecule has 5 heteroatoms. The molecular weight excluding hydrogens is 330 g/mol. The first-order valence-electron chi connectivity index (χ1n) is 9.71. The lowest BCUT2D eigenvalue weighted by molar-refractivity contribution is -0.155. The lowest BCUT2D eigenvalue weighted by Gasteiger charge is -2.47. The number of nitrogens with zero attached hydrogens (tertiary/aromatic N) is 1. The molecule has 0 bridgehead atoms. The van der Waals surface area contributed by atoms with Crippen LogP contribution in [-0.4, -0.2) is 39.1 Å². The smallest absolute Gasteiger partial charge is 0.258 e. The quantitative estimate of drug-likeness (QED) is 0.500. The van der Waals surface area contributed by atoms with Gasteiger partial charge < -0.3 is 19.1 Å². The van der Waals surface area contributed by atoms with Crippen LogP contribution in [0.25, 0.3) is 0 Å². The first kappa shape index (κ1) is 17.8. The first-order chi connectivity index (χ1) is 12.6. The Kier molecular flexibility index (Phi) is 4.93. The number of anilines is 1. The van der Waals surface area contributed by atoms with Gasteiger partial charge in [0.2, 0.25) is 0 Å². The SMILES string of the molecule is COCOC1C(=O)N(c2ccc(OC)cc2)C1CC(C)C1CC1C1CC1. The standard InChI is InChI=1S/C21H29NO4/c1-13(17-11-18(17)14-4-5-14)10-19-20(26-12-24-2)21(23)22(19)15-6-8-16(25-3)9-7-15/h6-9,13-14,17-20H,4-5,10-12H2,1-3H3. The van der Waals surface area contributed by atoms with Crippen molar-refractivity contribution < 1.29 is 19.0 Å². The van der Waals surface area contributed by atoms with Crippen LogP contribution in [0.4, 0.5) is 5.69 Å². The zero-order chi connectivity index (χ0) is 18.3. The van der Waals surface area contributed by atoms with E-state index in [1.165, 1.54) is 19.3 Å². The zero-order valence-corrected chi connectivity index (χ0v) is 15.9. The number of carbonyl (C=O) groups excluding carboxylic acids is 1. The topological polar surface area (TPSA) is 48.0 Å². The molecule has 1 aromatic rings. The van der Waals surface area contributed by atoms with Gasteiger partial charge in [-0.2, -0.15) is 0 Å². The molecule has 0 aromatic heterocycles. The maximum absolute atomic E-state index is 12.7. The largest absolute Gasteiger partial charge is 0.497 e. The Morgan fingerprint density at radius 2 is 1.92 bits per heavy atom. The fraction of sp³-hybridized carbons (Fsp3) is 0.667. The Morgan fingerprint density at radius 1 is 1.19 bits per heavy atom. The van der Waals surface area contributed by atoms with E-state index in [1.807, 2.05) is 29.2 Å². The summed E-state index contributed by atoms with van der Waals surface area (Å²) in [5, 5.41) is 0. The van der Waals surface area contributed by atoms with E-state index in [-0.39, 0.29) is 18.7 Å². The third-order valence-corrected chi connectivity index (χ3v) is 6.34. The highest BCUT2D eigenvalue weighted by Crippen LogP contribution is 2.58. The molecule has 0 N–H and O–H groups in total. The molecule has 3 fully saturated rings. The van der Waals surface area contributed by atoms with Gasteiger partial charge in [0.05, 0.1) is 13.2 Å². The predicted octanol–water partition coefficient (Wildman–Crippen LogP) is 3.47. The van der Waals surface area contributed by atoms with E-state index in [1.54, 1.807) is 14.2 Å². The lowest BCUT2D eigenvalue weighted by atomic mass is 9.85. The highest BCUT2D eigenvalue weighted by atomic mass is 16.7. The summed E-state index contributed by atoms with van der Waals surface area (Å²) in [5.74, 6) is 4.20. The molecule has 4 rings (SSSR count). The summed E-state index contributed by atoms with van der Waals surface area (Å²) < 4.78 is 16.0. The molecule has 1 aliphatic heterocycles. The monoisotopic (exact) mass is 359 g/mol. The minimum atomic E-state index is -0.391. The van der Waals surface area contributed by atoms with Gasteiger partial charge in [0.1, 0.15) is 12.5 Å². The Labute approximate surface area is 155 Å². The van der Waals surface area contributed by atoms with Gasteiger partial charge in [0.25, 0.3) is 5.91 Å². The zero-order valence-electron chi connectivity index (χ0n) is 15.9. The third kappa shape index (κ3) is 3.35. The lowest BCUT2D eigenvalue weighted by Crippen LogP contribution is -2.66. The summed E-state index contributed by atoms with van der Waals surface area (Å²) >= 11 is 0. The normalized spacial score (nSPS) is 31.5. The Morgan fingerprint density at radius 3 is 2.54 bits per heavy atom. The van der Waals surface area contributed by atoms with Gasteiger partial charge in [-0.3, -0.25) is 4.79 Å². The summed E-state index contributed by atoms with van der Waals surface area (Å²) in [6.07, 6.45) is 4.82. The highest BCUT2D eigenvalue weighted by molar-refractivity contribution is 6.04. The number of β-lactam (4-membered cyclic amide) rings is 1. The van der Waals surface area contributed by atoms with E-state index in [4.69, 9.17) is 14.2 Å². The van der Waals surface area contributed by atoms with E-state index >= 15 is 0 Å². The summed E-state index contributed by atoms with van der Waals surface area (Å²) in [5.41, 5.74) is 0.916. The van der Waals surface area contributed by atoms with Gasteiger partial charge in [0, 0.05) is 12.8 Å². The van der Waals surface area contributed by atoms with Crippen molar-refractivity contribution in [1.82, 2.24) is 0 Å². The first-order valence-corrected chi connectivity index (χ1v) is 9.71. The Bertz CT molecular complexity index is 642. The number of ether oxygens (including phenoxy) is 3. The molecule has 0 radical (unpaired) electrons. The second-order valence-corrected chi connectivity index (χ2v) is 8.08. The van der Waals surface area contributed by atoms with Gasteiger partial charge in [-0.05, 0) is 73.6 Å². The maximum atomic E-state index is 12.7. The van der Waals surface area contributed by atoms with Crippen LogP contribution < -0.4 is 9.64 Å². The predicted molar refractivity (Wildman–Crippen MR) is 99.1 cm³/mol. The van der Waals surface area contributed by atoms with Crippen molar-refractivity contribution in [2.45, 2.75) is 44.8 Å². The Hall–Kier alpha value is -1.59. The third-order valence-electron chi connectivity index (χ3n) is 6.34. The fourth-order valence-electron chi connectivity index (χ4n) is 4.64. The molecule has 5 nitrogen and oxygen atoms in total. The average molecular weight is 359 g/mol. The molecular formula is C21H29NO4. The number of amides is 1. The van der Waals surface area contributed by atoms with Crippen molar-refractivity contribution in [3.05, 3.63) is 24.3 Å². The second-order valence-electron chi connectivity index (χ2n) is 8.08.